The van der Waals surface area contributed by atoms with Gasteiger partial charge in [-0.25, -0.2) is 17.8 Å². The van der Waals surface area contributed by atoms with E-state index in [2.05, 4.69) is 9.82 Å². The first-order valence-corrected chi connectivity index (χ1v) is 9.08. The van der Waals surface area contributed by atoms with Gasteiger partial charge in [-0.2, -0.15) is 5.10 Å². The van der Waals surface area contributed by atoms with Crippen LogP contribution in [0, 0.1) is 0 Å². The first kappa shape index (κ1) is 16.5. The molecule has 0 fully saturated rings. The molecule has 0 aliphatic rings. The molecule has 3 aromatic rings. The van der Waals surface area contributed by atoms with Gasteiger partial charge in [0.05, 0.1) is 12.8 Å². The minimum absolute atomic E-state index is 0.0245. The van der Waals surface area contributed by atoms with Crippen molar-refractivity contribution in [3.63, 3.8) is 0 Å². The fraction of sp³-hybridized carbons (Fsp3) is 0.333. The summed E-state index contributed by atoms with van der Waals surface area (Å²) < 4.78 is 35.4. The van der Waals surface area contributed by atoms with E-state index in [1.807, 2.05) is 13.8 Å². The van der Waals surface area contributed by atoms with Crippen LogP contribution in [0.5, 0.6) is 0 Å². The number of nitrogens with zero attached hydrogens (tertiary/aromatic N) is 3. The van der Waals surface area contributed by atoms with Crippen molar-refractivity contribution in [1.82, 2.24) is 18.9 Å². The normalized spacial score (nSPS) is 12.1. The Labute approximate surface area is 138 Å². The Morgan fingerprint density at radius 3 is 2.75 bits per heavy atom. The maximum absolute atomic E-state index is 12.5. The highest BCUT2D eigenvalue weighted by atomic mass is 32.2. The van der Waals surface area contributed by atoms with E-state index in [0.29, 0.717) is 30.1 Å². The van der Waals surface area contributed by atoms with E-state index in [1.165, 1.54) is 27.6 Å². The largest absolute Gasteiger partial charge is 0.468 e. The average molecular weight is 350 g/mol. The van der Waals surface area contributed by atoms with E-state index in [0.717, 1.165) is 0 Å². The quantitative estimate of drug-likeness (QED) is 0.719. The molecule has 0 aromatic carbocycles. The monoisotopic (exact) mass is 350 g/mol. The zero-order valence-corrected chi connectivity index (χ0v) is 14.2. The van der Waals surface area contributed by atoms with Crippen LogP contribution in [-0.4, -0.2) is 22.6 Å². The van der Waals surface area contributed by atoms with Gasteiger partial charge in [0.15, 0.2) is 0 Å². The minimum Gasteiger partial charge on any atom is -0.468 e. The van der Waals surface area contributed by atoms with Crippen LogP contribution < -0.4 is 10.3 Å². The van der Waals surface area contributed by atoms with E-state index < -0.39 is 10.0 Å². The van der Waals surface area contributed by atoms with Crippen LogP contribution in [0.15, 0.2) is 44.8 Å². The number of nitrogens with one attached hydrogen (secondary N) is 1. The number of hydrogen-bond acceptors (Lipinski definition) is 5. The van der Waals surface area contributed by atoms with Crippen molar-refractivity contribution >= 4 is 15.5 Å². The van der Waals surface area contributed by atoms with Gasteiger partial charge in [0.2, 0.25) is 10.0 Å². The van der Waals surface area contributed by atoms with Gasteiger partial charge in [-0.1, -0.05) is 6.92 Å². The number of rotatable bonds is 6. The molecule has 3 aromatic heterocycles. The van der Waals surface area contributed by atoms with Gasteiger partial charge in [0.25, 0.3) is 5.56 Å². The zero-order valence-electron chi connectivity index (χ0n) is 13.4. The summed E-state index contributed by atoms with van der Waals surface area (Å²) in [6, 6.07) is 4.74. The summed E-state index contributed by atoms with van der Waals surface area (Å²) in [5.41, 5.74) is -0.0238. The molecule has 0 unspecified atom stereocenters. The Morgan fingerprint density at radius 2 is 2.12 bits per heavy atom. The SMILES string of the molecule is CCc1nn(CC)c(=O)c2cc(S(=O)(=O)NCc3ccco3)cn12. The Morgan fingerprint density at radius 1 is 1.33 bits per heavy atom. The molecule has 0 saturated carbocycles. The summed E-state index contributed by atoms with van der Waals surface area (Å²) in [6.45, 7) is 4.18. The van der Waals surface area contributed by atoms with E-state index in [4.69, 9.17) is 4.42 Å². The van der Waals surface area contributed by atoms with Crippen molar-refractivity contribution < 1.29 is 12.8 Å². The van der Waals surface area contributed by atoms with E-state index in [9.17, 15) is 13.2 Å². The molecule has 1 N–H and O–H groups in total. The molecule has 8 nitrogen and oxygen atoms in total. The van der Waals surface area contributed by atoms with E-state index in [-0.39, 0.29) is 17.0 Å². The van der Waals surface area contributed by atoms with Crippen LogP contribution in [0.25, 0.3) is 5.52 Å². The summed E-state index contributed by atoms with van der Waals surface area (Å²) in [5, 5.41) is 4.26. The molecule has 128 valence electrons. The number of hydrogen-bond donors (Lipinski definition) is 1. The number of fused-ring (bicyclic) bond motifs is 1. The van der Waals surface area contributed by atoms with Gasteiger partial charge in [-0.15, -0.1) is 0 Å². The second-order valence-corrected chi connectivity index (χ2v) is 6.99. The Bertz CT molecular complexity index is 1020. The molecule has 0 spiro atoms. The van der Waals surface area contributed by atoms with Gasteiger partial charge >= 0.3 is 0 Å². The van der Waals surface area contributed by atoms with Gasteiger partial charge < -0.3 is 4.42 Å². The van der Waals surface area contributed by atoms with Crippen molar-refractivity contribution in [3.05, 3.63) is 52.6 Å². The van der Waals surface area contributed by atoms with Crippen molar-refractivity contribution in [2.75, 3.05) is 0 Å². The lowest BCUT2D eigenvalue weighted by Crippen LogP contribution is -2.26. The van der Waals surface area contributed by atoms with Crippen molar-refractivity contribution in [2.24, 2.45) is 0 Å². The van der Waals surface area contributed by atoms with Crippen LogP contribution in [0.1, 0.15) is 25.4 Å². The third-order valence-electron chi connectivity index (χ3n) is 3.71. The lowest BCUT2D eigenvalue weighted by Gasteiger charge is -2.06. The van der Waals surface area contributed by atoms with E-state index in [1.54, 1.807) is 12.1 Å². The molecule has 9 heteroatoms. The predicted molar refractivity (Wildman–Crippen MR) is 87.2 cm³/mol. The zero-order chi connectivity index (χ0) is 17.3. The molecule has 0 aliphatic heterocycles. The molecular weight excluding hydrogens is 332 g/mol. The molecule has 0 saturated heterocycles. The van der Waals surface area contributed by atoms with Crippen molar-refractivity contribution in [2.45, 2.75) is 38.3 Å². The van der Waals surface area contributed by atoms with Crippen LogP contribution >= 0.6 is 0 Å². The van der Waals surface area contributed by atoms with Gasteiger partial charge in [0, 0.05) is 19.2 Å². The van der Waals surface area contributed by atoms with E-state index >= 15 is 0 Å². The first-order chi connectivity index (χ1) is 11.5. The summed E-state index contributed by atoms with van der Waals surface area (Å²) in [7, 11) is -3.77. The third kappa shape index (κ3) is 2.87. The molecule has 0 amide bonds. The number of furan rings is 1. The summed E-state index contributed by atoms with van der Waals surface area (Å²) in [4.78, 5) is 12.4. The highest BCUT2D eigenvalue weighted by Crippen LogP contribution is 2.15. The molecule has 0 aliphatic carbocycles. The highest BCUT2D eigenvalue weighted by Gasteiger charge is 2.20. The lowest BCUT2D eigenvalue weighted by atomic mass is 10.4. The predicted octanol–water partition coefficient (Wildman–Crippen LogP) is 1.15. The van der Waals surface area contributed by atoms with Crippen molar-refractivity contribution in [1.29, 1.82) is 0 Å². The van der Waals surface area contributed by atoms with Gasteiger partial charge in [-0.3, -0.25) is 9.20 Å². The van der Waals surface area contributed by atoms with Gasteiger partial charge in [-0.05, 0) is 25.1 Å². The molecule has 3 rings (SSSR count). The summed E-state index contributed by atoms with van der Waals surface area (Å²) in [6.07, 6.45) is 3.47. The standard InChI is InChI=1S/C15H18N4O4S/c1-3-14-17-19(4-2)15(20)13-8-12(10-18(13)14)24(21,22)16-9-11-6-5-7-23-11/h5-8,10,16H,3-4,9H2,1-2H3. The highest BCUT2D eigenvalue weighted by molar-refractivity contribution is 7.89. The molecule has 3 heterocycles. The third-order valence-corrected chi connectivity index (χ3v) is 5.07. The van der Waals surface area contributed by atoms with Crippen LogP contribution in [0.2, 0.25) is 0 Å². The molecule has 0 atom stereocenters. The molecule has 0 radical (unpaired) electrons. The number of sulfonamides is 1. The lowest BCUT2D eigenvalue weighted by molar-refractivity contribution is 0.498. The fourth-order valence-corrected chi connectivity index (χ4v) is 3.46. The maximum atomic E-state index is 12.5. The number of aromatic nitrogens is 3. The smallest absolute Gasteiger partial charge is 0.291 e. The van der Waals surface area contributed by atoms with Gasteiger partial charge in [0.1, 0.15) is 22.0 Å². The Hall–Kier alpha value is -2.39. The first-order valence-electron chi connectivity index (χ1n) is 7.60. The molecule has 24 heavy (non-hydrogen) atoms. The van der Waals surface area contributed by atoms with Crippen LogP contribution in [-0.2, 0) is 29.5 Å². The van der Waals surface area contributed by atoms with Crippen molar-refractivity contribution in [3.8, 4) is 0 Å². The number of aryl methyl sites for hydroxylation is 2. The molecular formula is C15H18N4O4S. The second-order valence-electron chi connectivity index (χ2n) is 5.23. The maximum Gasteiger partial charge on any atom is 0.291 e. The topological polar surface area (TPSA) is 98.6 Å². The Kier molecular flexibility index (Phi) is 4.29. The summed E-state index contributed by atoms with van der Waals surface area (Å²) in [5.74, 6) is 1.13. The summed E-state index contributed by atoms with van der Waals surface area (Å²) >= 11 is 0. The minimum atomic E-state index is -3.77. The van der Waals surface area contributed by atoms with Crippen LogP contribution in [0.4, 0.5) is 0 Å². The molecule has 0 bridgehead atoms. The Balaban J connectivity index is 2.03. The van der Waals surface area contributed by atoms with Crippen LogP contribution in [0.3, 0.4) is 0 Å². The second kappa shape index (κ2) is 6.25. The fourth-order valence-electron chi connectivity index (χ4n) is 2.45. The average Bonchev–Trinajstić information content (AvgIpc) is 3.23.